The molecule has 1 amide bonds. The Hall–Kier alpha value is -3.62. The number of ketones is 1. The van der Waals surface area contributed by atoms with Gasteiger partial charge in [-0.3, -0.25) is 29.8 Å². The Labute approximate surface area is 141 Å². The molecule has 0 radical (unpaired) electrons. The number of nitro benzene ring substituents is 2. The van der Waals surface area contributed by atoms with E-state index in [4.69, 9.17) is 0 Å². The Morgan fingerprint density at radius 1 is 1.04 bits per heavy atom. The van der Waals surface area contributed by atoms with Gasteiger partial charge in [0.1, 0.15) is 0 Å². The zero-order valence-electron chi connectivity index (χ0n) is 13.3. The van der Waals surface area contributed by atoms with E-state index in [1.807, 2.05) is 0 Å². The molecular formula is C16H13N3O6. The minimum Gasteiger partial charge on any atom is -0.322 e. The van der Waals surface area contributed by atoms with E-state index < -0.39 is 27.1 Å². The van der Waals surface area contributed by atoms with Crippen molar-refractivity contribution in [1.29, 1.82) is 0 Å². The minimum atomic E-state index is -0.806. The van der Waals surface area contributed by atoms with E-state index in [0.29, 0.717) is 11.3 Å². The fraction of sp³-hybridized carbons (Fsp3) is 0.125. The molecule has 0 spiro atoms. The Morgan fingerprint density at radius 3 is 2.28 bits per heavy atom. The lowest BCUT2D eigenvalue weighted by atomic mass is 10.0. The van der Waals surface area contributed by atoms with Crippen LogP contribution in [0, 0.1) is 27.2 Å². The van der Waals surface area contributed by atoms with Gasteiger partial charge >= 0.3 is 0 Å². The molecule has 9 nitrogen and oxygen atoms in total. The fourth-order valence-corrected chi connectivity index (χ4v) is 2.23. The van der Waals surface area contributed by atoms with Gasteiger partial charge in [0.25, 0.3) is 17.3 Å². The first kappa shape index (κ1) is 17.7. The molecule has 0 unspecified atom stereocenters. The molecule has 0 aliphatic rings. The Kier molecular flexibility index (Phi) is 4.87. The van der Waals surface area contributed by atoms with Crippen molar-refractivity contribution < 1.29 is 19.4 Å². The van der Waals surface area contributed by atoms with E-state index in [1.54, 1.807) is 12.1 Å². The molecule has 1 N–H and O–H groups in total. The summed E-state index contributed by atoms with van der Waals surface area (Å²) in [5.74, 6) is -0.941. The number of non-ortho nitro benzene ring substituents is 1. The number of Topliss-reactive ketones (excluding diaryl/α,β-unsaturated/α-hetero) is 1. The van der Waals surface area contributed by atoms with Crippen molar-refractivity contribution in [1.82, 2.24) is 0 Å². The summed E-state index contributed by atoms with van der Waals surface area (Å²) in [5, 5.41) is 24.5. The van der Waals surface area contributed by atoms with Crippen LogP contribution >= 0.6 is 0 Å². The third-order valence-corrected chi connectivity index (χ3v) is 3.54. The molecule has 2 aromatic rings. The van der Waals surface area contributed by atoms with E-state index in [2.05, 4.69) is 5.32 Å². The number of nitrogens with zero attached hydrogens (tertiary/aromatic N) is 2. The quantitative estimate of drug-likeness (QED) is 0.503. The number of amides is 1. The molecule has 0 saturated carbocycles. The van der Waals surface area contributed by atoms with E-state index in [0.717, 1.165) is 12.1 Å². The van der Waals surface area contributed by atoms with Crippen LogP contribution in [0.1, 0.15) is 33.2 Å². The normalized spacial score (nSPS) is 10.2. The van der Waals surface area contributed by atoms with Crippen LogP contribution in [0.3, 0.4) is 0 Å². The first-order valence-corrected chi connectivity index (χ1v) is 7.06. The molecule has 128 valence electrons. The lowest BCUT2D eigenvalue weighted by Crippen LogP contribution is -2.15. The Bertz CT molecular complexity index is 907. The standard InChI is InChI=1S/C16H13N3O6/c1-9-14(7-13(18(22)23)8-15(9)19(24)25)16(21)17-12-5-3-4-11(6-12)10(2)20/h3-8H,1-2H3,(H,17,21). The summed E-state index contributed by atoms with van der Waals surface area (Å²) in [4.78, 5) is 44.2. The summed E-state index contributed by atoms with van der Waals surface area (Å²) in [5.41, 5.74) is -0.576. The van der Waals surface area contributed by atoms with Crippen molar-refractivity contribution in [2.75, 3.05) is 5.32 Å². The van der Waals surface area contributed by atoms with Crippen LogP contribution in [0.4, 0.5) is 17.1 Å². The minimum absolute atomic E-state index is 0.0100. The van der Waals surface area contributed by atoms with Gasteiger partial charge < -0.3 is 5.32 Å². The molecule has 0 saturated heterocycles. The van der Waals surface area contributed by atoms with E-state index in [9.17, 15) is 29.8 Å². The summed E-state index contributed by atoms with van der Waals surface area (Å²) in [6, 6.07) is 7.90. The molecule has 25 heavy (non-hydrogen) atoms. The molecule has 2 rings (SSSR count). The second kappa shape index (κ2) is 6.87. The predicted molar refractivity (Wildman–Crippen MR) is 88.9 cm³/mol. The van der Waals surface area contributed by atoms with Gasteiger partial charge in [0.05, 0.1) is 21.5 Å². The van der Waals surface area contributed by atoms with E-state index >= 15 is 0 Å². The Morgan fingerprint density at radius 2 is 1.72 bits per heavy atom. The summed E-state index contributed by atoms with van der Waals surface area (Å²) >= 11 is 0. The van der Waals surface area contributed by atoms with Crippen molar-refractivity contribution >= 4 is 28.8 Å². The summed E-state index contributed by atoms with van der Waals surface area (Å²) < 4.78 is 0. The molecule has 2 aromatic carbocycles. The molecule has 0 aliphatic carbocycles. The van der Waals surface area contributed by atoms with E-state index in [1.165, 1.54) is 26.0 Å². The van der Waals surface area contributed by atoms with Gasteiger partial charge in [-0.1, -0.05) is 12.1 Å². The first-order valence-electron chi connectivity index (χ1n) is 7.06. The van der Waals surface area contributed by atoms with Gasteiger partial charge in [-0.25, -0.2) is 0 Å². The summed E-state index contributed by atoms with van der Waals surface area (Å²) in [6.45, 7) is 2.71. The Balaban J connectivity index is 2.45. The van der Waals surface area contributed by atoms with Gasteiger partial charge in [0.2, 0.25) is 0 Å². The summed E-state index contributed by atoms with van der Waals surface area (Å²) in [6.07, 6.45) is 0. The molecule has 0 fully saturated rings. The highest BCUT2D eigenvalue weighted by atomic mass is 16.6. The molecule has 0 bridgehead atoms. The second-order valence-electron chi connectivity index (χ2n) is 5.24. The number of nitrogens with one attached hydrogen (secondary N) is 1. The zero-order valence-corrected chi connectivity index (χ0v) is 13.3. The molecule has 0 atom stereocenters. The number of anilines is 1. The topological polar surface area (TPSA) is 132 Å². The SMILES string of the molecule is CC(=O)c1cccc(NC(=O)c2cc([N+](=O)[O-])cc([N+](=O)[O-])c2C)c1. The number of carbonyl (C=O) groups excluding carboxylic acids is 2. The maximum absolute atomic E-state index is 12.4. The van der Waals surface area contributed by atoms with Crippen molar-refractivity contribution in [3.63, 3.8) is 0 Å². The third kappa shape index (κ3) is 3.83. The third-order valence-electron chi connectivity index (χ3n) is 3.54. The molecule has 9 heteroatoms. The van der Waals surface area contributed by atoms with Crippen LogP contribution in [0.15, 0.2) is 36.4 Å². The van der Waals surface area contributed by atoms with Gasteiger partial charge in [-0.2, -0.15) is 0 Å². The van der Waals surface area contributed by atoms with Crippen molar-refractivity contribution in [2.45, 2.75) is 13.8 Å². The van der Waals surface area contributed by atoms with Gasteiger partial charge in [-0.15, -0.1) is 0 Å². The summed E-state index contributed by atoms with van der Waals surface area (Å²) in [7, 11) is 0. The first-order chi connectivity index (χ1) is 11.7. The lowest BCUT2D eigenvalue weighted by Gasteiger charge is -2.09. The van der Waals surface area contributed by atoms with Gasteiger partial charge in [0.15, 0.2) is 5.78 Å². The van der Waals surface area contributed by atoms with Crippen molar-refractivity contribution in [3.05, 3.63) is 73.3 Å². The van der Waals surface area contributed by atoms with Gasteiger partial charge in [0, 0.05) is 22.9 Å². The van der Waals surface area contributed by atoms with Gasteiger partial charge in [-0.05, 0) is 26.0 Å². The van der Waals surface area contributed by atoms with Crippen molar-refractivity contribution in [2.24, 2.45) is 0 Å². The number of hydrogen-bond donors (Lipinski definition) is 1. The van der Waals surface area contributed by atoms with Crippen LogP contribution in [-0.2, 0) is 0 Å². The number of benzene rings is 2. The maximum atomic E-state index is 12.4. The van der Waals surface area contributed by atoms with Crippen LogP contribution in [0.2, 0.25) is 0 Å². The van der Waals surface area contributed by atoms with Crippen LogP contribution in [-0.4, -0.2) is 21.5 Å². The molecule has 0 aliphatic heterocycles. The number of carbonyl (C=O) groups is 2. The molecule has 0 aromatic heterocycles. The van der Waals surface area contributed by atoms with Crippen LogP contribution < -0.4 is 5.32 Å². The van der Waals surface area contributed by atoms with Crippen LogP contribution in [0.25, 0.3) is 0 Å². The second-order valence-corrected chi connectivity index (χ2v) is 5.24. The van der Waals surface area contributed by atoms with Crippen LogP contribution in [0.5, 0.6) is 0 Å². The zero-order chi connectivity index (χ0) is 18.7. The highest BCUT2D eigenvalue weighted by Gasteiger charge is 2.24. The van der Waals surface area contributed by atoms with E-state index in [-0.39, 0.29) is 16.9 Å². The number of hydrogen-bond acceptors (Lipinski definition) is 6. The average Bonchev–Trinajstić information content (AvgIpc) is 2.54. The fourth-order valence-electron chi connectivity index (χ4n) is 2.23. The monoisotopic (exact) mass is 343 g/mol. The molecule has 0 heterocycles. The highest BCUT2D eigenvalue weighted by Crippen LogP contribution is 2.28. The maximum Gasteiger partial charge on any atom is 0.279 e. The number of nitro groups is 2. The highest BCUT2D eigenvalue weighted by molar-refractivity contribution is 6.07. The van der Waals surface area contributed by atoms with Crippen molar-refractivity contribution in [3.8, 4) is 0 Å². The average molecular weight is 343 g/mol. The predicted octanol–water partition coefficient (Wildman–Crippen LogP) is 3.27. The smallest absolute Gasteiger partial charge is 0.279 e. The largest absolute Gasteiger partial charge is 0.322 e. The number of rotatable bonds is 5. The lowest BCUT2D eigenvalue weighted by molar-refractivity contribution is -0.394. The molecular weight excluding hydrogens is 330 g/mol.